The van der Waals surface area contributed by atoms with E-state index in [0.717, 1.165) is 170 Å². The number of benzene rings is 8. The third-order valence-corrected chi connectivity index (χ3v) is 20.8. The van der Waals surface area contributed by atoms with Crippen LogP contribution in [0.15, 0.2) is 220 Å². The summed E-state index contributed by atoms with van der Waals surface area (Å²) in [5.41, 5.74) is 21.1. The molecule has 1 saturated carbocycles. The fourth-order valence-corrected chi connectivity index (χ4v) is 14.3. The van der Waals surface area contributed by atoms with E-state index in [2.05, 4.69) is 85.7 Å². The number of aromatic nitrogens is 16. The lowest BCUT2D eigenvalue weighted by Gasteiger charge is -2.26. The zero-order valence-corrected chi connectivity index (χ0v) is 70.1. The van der Waals surface area contributed by atoms with Gasteiger partial charge in [-0.15, -0.1) is 0 Å². The minimum Gasteiger partial charge on any atom is -0.497 e. The quantitative estimate of drug-likeness (QED) is 0.0463. The second kappa shape index (κ2) is 38.2. The Labute approximate surface area is 703 Å². The number of alkyl halides is 2. The van der Waals surface area contributed by atoms with Gasteiger partial charge in [0.1, 0.15) is 45.3 Å². The molecule has 0 aliphatic heterocycles. The zero-order chi connectivity index (χ0) is 84.8. The van der Waals surface area contributed by atoms with Crippen molar-refractivity contribution >= 4 is 89.9 Å². The normalized spacial score (nSPS) is 11.9. The van der Waals surface area contributed by atoms with Crippen molar-refractivity contribution in [1.29, 1.82) is 0 Å². The van der Waals surface area contributed by atoms with Crippen molar-refractivity contribution in [2.24, 2.45) is 34.1 Å². The lowest BCUT2D eigenvalue weighted by molar-refractivity contribution is -0.0499. The number of rotatable bonds is 27. The molecule has 16 aromatic rings. The van der Waals surface area contributed by atoms with Crippen LogP contribution in [0.4, 0.5) is 42.9 Å². The number of anilines is 6. The lowest BCUT2D eigenvalue weighted by Crippen LogP contribution is -2.22. The maximum Gasteiger partial charge on any atom is 0.387 e. The summed E-state index contributed by atoms with van der Waals surface area (Å²) in [5.74, 6) is 4.94. The van der Waals surface area contributed by atoms with Crippen molar-refractivity contribution in [3.8, 4) is 85.1 Å². The summed E-state index contributed by atoms with van der Waals surface area (Å²) >= 11 is 6.63. The average Bonchev–Trinajstić information content (AvgIpc) is 1.68. The first-order valence-electron chi connectivity index (χ1n) is 39.1. The van der Waals surface area contributed by atoms with Gasteiger partial charge in [-0.25, -0.2) is 19.9 Å². The van der Waals surface area contributed by atoms with Crippen LogP contribution in [-0.4, -0.2) is 162 Å². The Morgan fingerprint density at radius 2 is 0.835 bits per heavy atom. The standard InChI is InChI=1S/C24H22F2N4O.C23H25N5O3.C22H22ClN5O2.C22H23N5O2/c1-30-14-18(12-28-30)16-7-8-21-22(11-16)29-23(13-27-21)20(9-15-5-6-15)17-3-2-4-19(10-17)31-24(25)26;1-27-15-16(13-25-27)23-14-24-21-6-5-17(11-22(21)26-23)28(7-8-29-2)18-9-19(30-3)12-20(10-18)31-4;1-5-28(20-9-16(29-3)10-21(30-4)22(20)23)15-6-7-17-18(8-15)26-19(12-24-17)14-11-25-27(2)13-14;1-5-27(17-8-18(28-3)11-19(9-17)29-4)16-6-7-20-21(10-16)25-22(13-23-20)15-12-24-26(2)14-15/h2-4,7-8,10-15,20,24H,5-6,9H2,1H3;5-6,9-15H,7-8H2,1-4H3;6-13H,5H2,1-4H3;6-14H,5H2,1-4H3. The van der Waals surface area contributed by atoms with Crippen molar-refractivity contribution in [3.63, 3.8) is 0 Å². The monoisotopic (exact) mass is 1650 g/mol. The molecule has 1 aliphatic carbocycles. The largest absolute Gasteiger partial charge is 0.497 e. The van der Waals surface area contributed by atoms with E-state index in [1.54, 1.807) is 136 Å². The molecule has 0 N–H and O–H groups in total. The summed E-state index contributed by atoms with van der Waals surface area (Å²) in [4.78, 5) is 44.1. The van der Waals surface area contributed by atoms with E-state index < -0.39 is 6.61 Å². The summed E-state index contributed by atoms with van der Waals surface area (Å²) in [6, 6.07) is 46.4. The van der Waals surface area contributed by atoms with Gasteiger partial charge in [0.25, 0.3) is 0 Å². The van der Waals surface area contributed by atoms with Gasteiger partial charge in [-0.1, -0.05) is 42.6 Å². The lowest BCUT2D eigenvalue weighted by atomic mass is 9.90. The van der Waals surface area contributed by atoms with E-state index >= 15 is 0 Å². The number of hydrogen-bond donors (Lipinski definition) is 0. The zero-order valence-electron chi connectivity index (χ0n) is 69.4. The number of methoxy groups -OCH3 is 7. The smallest absolute Gasteiger partial charge is 0.387 e. The second-order valence-corrected chi connectivity index (χ2v) is 28.9. The molecule has 8 aromatic carbocycles. The molecule has 0 radical (unpaired) electrons. The second-order valence-electron chi connectivity index (χ2n) is 28.5. The Balaban J connectivity index is 0.000000132. The molecule has 1 unspecified atom stereocenters. The Bertz CT molecular complexity index is 6240. The highest BCUT2D eigenvalue weighted by Crippen LogP contribution is 2.45. The number of aryl methyl sites for hydroxylation is 4. The summed E-state index contributed by atoms with van der Waals surface area (Å²) in [6.07, 6.45) is 25.3. The SMILES string of the molecule is CCN(c1cc(OC)cc(OC)c1)c1ccc2ncc(-c3cnn(C)c3)nc2c1.CCN(c1ccc2ncc(-c3cnn(C)c3)nc2c1)c1cc(OC)cc(OC)c1Cl.COCCN(c1cc(OC)cc(OC)c1)c1ccc2ncc(-c3cnn(C)c3)nc2c1.Cn1cc(-c2ccc3ncc(C(CC4CC4)c4cccc(OC(F)F)c4)nc3c2)cn1. The maximum absolute atomic E-state index is 12.7. The Morgan fingerprint density at radius 3 is 1.26 bits per heavy atom. The molecular weight excluding hydrogens is 1560 g/mol. The number of hydrogen-bond acceptors (Lipinski definition) is 23. The molecule has 0 amide bonds. The van der Waals surface area contributed by atoms with Crippen LogP contribution in [-0.2, 0) is 32.9 Å². The van der Waals surface area contributed by atoms with Crippen LogP contribution in [0.3, 0.4) is 0 Å². The van der Waals surface area contributed by atoms with Gasteiger partial charge in [-0.3, -0.25) is 38.7 Å². The number of halogens is 3. The molecule has 0 spiro atoms. The molecule has 620 valence electrons. The van der Waals surface area contributed by atoms with E-state index in [4.69, 9.17) is 64.7 Å². The molecule has 1 atom stereocenters. The van der Waals surface area contributed by atoms with Gasteiger partial charge in [0.05, 0.1) is 165 Å². The number of fused-ring (bicyclic) bond motifs is 4. The van der Waals surface area contributed by atoms with Gasteiger partial charge in [-0.05, 0) is 116 Å². The highest BCUT2D eigenvalue weighted by molar-refractivity contribution is 6.35. The third kappa shape index (κ3) is 20.1. The molecular formula is C91H92ClF2N19O8. The van der Waals surface area contributed by atoms with Gasteiger partial charge in [0.2, 0.25) is 0 Å². The highest BCUT2D eigenvalue weighted by Gasteiger charge is 2.30. The first-order chi connectivity index (χ1) is 58.8. The van der Waals surface area contributed by atoms with Crippen LogP contribution in [0.2, 0.25) is 5.02 Å². The first-order valence-corrected chi connectivity index (χ1v) is 39.5. The molecule has 8 heterocycles. The van der Waals surface area contributed by atoms with E-state index in [-0.39, 0.29) is 11.7 Å². The van der Waals surface area contributed by atoms with Crippen molar-refractivity contribution in [3.05, 3.63) is 236 Å². The van der Waals surface area contributed by atoms with Crippen LogP contribution in [0.1, 0.15) is 50.3 Å². The molecule has 1 aliphatic rings. The molecule has 27 nitrogen and oxygen atoms in total. The van der Waals surface area contributed by atoms with Crippen molar-refractivity contribution in [2.75, 3.05) is 90.7 Å². The van der Waals surface area contributed by atoms with Gasteiger partial charge in [0.15, 0.2) is 0 Å². The van der Waals surface area contributed by atoms with Crippen LogP contribution in [0.5, 0.6) is 40.2 Å². The molecule has 30 heteroatoms. The van der Waals surface area contributed by atoms with E-state index in [0.29, 0.717) is 42.1 Å². The molecule has 121 heavy (non-hydrogen) atoms. The Kier molecular flexibility index (Phi) is 26.4. The van der Waals surface area contributed by atoms with E-state index in [1.807, 2.05) is 168 Å². The molecule has 17 rings (SSSR count). The molecule has 8 aromatic heterocycles. The summed E-state index contributed by atoms with van der Waals surface area (Å²) < 4.78 is 75.0. The molecule has 0 saturated heterocycles. The summed E-state index contributed by atoms with van der Waals surface area (Å²) in [6.45, 7) is 3.99. The predicted molar refractivity (Wildman–Crippen MR) is 467 cm³/mol. The Hall–Kier alpha value is -13.9. The fraction of sp³-hybridized carbons (Fsp3) is 0.253. The van der Waals surface area contributed by atoms with Crippen molar-refractivity contribution in [2.45, 2.75) is 45.6 Å². The molecule has 1 fully saturated rings. The van der Waals surface area contributed by atoms with Crippen molar-refractivity contribution < 1.29 is 46.7 Å². The van der Waals surface area contributed by atoms with Crippen LogP contribution < -0.4 is 47.9 Å². The molecule has 0 bridgehead atoms. The summed E-state index contributed by atoms with van der Waals surface area (Å²) in [7, 11) is 19.0. The highest BCUT2D eigenvalue weighted by atomic mass is 35.5. The number of ether oxygens (including phenoxy) is 8. The van der Waals surface area contributed by atoms with Gasteiger partial charge >= 0.3 is 6.61 Å². The van der Waals surface area contributed by atoms with Crippen molar-refractivity contribution in [1.82, 2.24) is 79.0 Å². The van der Waals surface area contributed by atoms with Crippen LogP contribution >= 0.6 is 11.6 Å². The van der Waals surface area contributed by atoms with Crippen LogP contribution in [0, 0.1) is 5.92 Å². The minimum absolute atomic E-state index is 0.0207. The van der Waals surface area contributed by atoms with Crippen LogP contribution in [0.25, 0.3) is 89.0 Å². The van der Waals surface area contributed by atoms with E-state index in [1.165, 1.54) is 12.8 Å². The summed E-state index contributed by atoms with van der Waals surface area (Å²) in [5, 5.41) is 17.4. The van der Waals surface area contributed by atoms with Gasteiger partial charge < -0.3 is 52.6 Å². The van der Waals surface area contributed by atoms with Gasteiger partial charge in [-0.2, -0.15) is 29.2 Å². The number of nitrogens with zero attached hydrogens (tertiary/aromatic N) is 19. The minimum atomic E-state index is -2.84. The third-order valence-electron chi connectivity index (χ3n) is 20.4. The first kappa shape index (κ1) is 83.6. The van der Waals surface area contributed by atoms with E-state index in [9.17, 15) is 8.78 Å². The average molecular weight is 1650 g/mol. The van der Waals surface area contributed by atoms with Gasteiger partial charge in [0, 0.05) is 191 Å². The fourth-order valence-electron chi connectivity index (χ4n) is 14.1. The maximum atomic E-state index is 12.7. The predicted octanol–water partition coefficient (Wildman–Crippen LogP) is 18.5. The topological polar surface area (TPSA) is 258 Å². The Morgan fingerprint density at radius 1 is 0.405 bits per heavy atom.